The molecule has 60 valence electrons. The van der Waals surface area contributed by atoms with Crippen molar-refractivity contribution in [2.75, 3.05) is 6.61 Å². The molecule has 2 rings (SSSR count). The lowest BCUT2D eigenvalue weighted by Gasteiger charge is -1.95. The van der Waals surface area contributed by atoms with Gasteiger partial charge in [-0.25, -0.2) is 9.79 Å². The zero-order valence-electron chi connectivity index (χ0n) is 5.99. The zero-order chi connectivity index (χ0) is 7.84. The van der Waals surface area contributed by atoms with Gasteiger partial charge in [0, 0.05) is 5.92 Å². The van der Waals surface area contributed by atoms with Gasteiger partial charge in [0.15, 0.2) is 11.9 Å². The number of carboxylic acid groups (broad SMARTS) is 1. The minimum Gasteiger partial charge on any atom is -0.480 e. The Balaban J connectivity index is 2.03. The molecule has 1 aliphatic heterocycles. The largest absolute Gasteiger partial charge is 0.480 e. The third-order valence-electron chi connectivity index (χ3n) is 1.88. The molecule has 0 bridgehead atoms. The Morgan fingerprint density at radius 3 is 2.82 bits per heavy atom. The van der Waals surface area contributed by atoms with Crippen LogP contribution in [0.4, 0.5) is 0 Å². The normalized spacial score (nSPS) is 29.5. The highest BCUT2D eigenvalue weighted by molar-refractivity contribution is 5.87. The number of carboxylic acids is 1. The summed E-state index contributed by atoms with van der Waals surface area (Å²) in [4.78, 5) is 14.3. The molecule has 1 saturated carbocycles. The van der Waals surface area contributed by atoms with Crippen molar-refractivity contribution in [2.45, 2.75) is 18.9 Å². The van der Waals surface area contributed by atoms with Crippen LogP contribution in [0.15, 0.2) is 4.99 Å². The van der Waals surface area contributed by atoms with Gasteiger partial charge in [0.2, 0.25) is 0 Å². The van der Waals surface area contributed by atoms with Crippen LogP contribution >= 0.6 is 0 Å². The summed E-state index contributed by atoms with van der Waals surface area (Å²) in [7, 11) is 0. The zero-order valence-corrected chi connectivity index (χ0v) is 5.99. The summed E-state index contributed by atoms with van der Waals surface area (Å²) >= 11 is 0. The van der Waals surface area contributed by atoms with E-state index in [1.165, 1.54) is 0 Å². The second kappa shape index (κ2) is 2.22. The van der Waals surface area contributed by atoms with Crippen molar-refractivity contribution in [3.63, 3.8) is 0 Å². The van der Waals surface area contributed by atoms with Gasteiger partial charge in [0.1, 0.15) is 6.61 Å². The third-order valence-corrected chi connectivity index (χ3v) is 1.88. The Kier molecular flexibility index (Phi) is 1.34. The molecular formula is C7H9NO3. The van der Waals surface area contributed by atoms with Gasteiger partial charge >= 0.3 is 5.97 Å². The molecule has 0 amide bonds. The fourth-order valence-corrected chi connectivity index (χ4v) is 1.07. The summed E-state index contributed by atoms with van der Waals surface area (Å²) < 4.78 is 5.12. The third kappa shape index (κ3) is 1.20. The Morgan fingerprint density at radius 2 is 2.36 bits per heavy atom. The van der Waals surface area contributed by atoms with Crippen molar-refractivity contribution < 1.29 is 14.6 Å². The molecule has 11 heavy (non-hydrogen) atoms. The van der Waals surface area contributed by atoms with Crippen LogP contribution in [0.3, 0.4) is 0 Å². The molecule has 1 heterocycles. The van der Waals surface area contributed by atoms with E-state index in [9.17, 15) is 4.79 Å². The number of carbonyl (C=O) groups is 1. The van der Waals surface area contributed by atoms with Gasteiger partial charge in [0.05, 0.1) is 0 Å². The number of hydrogen-bond donors (Lipinski definition) is 1. The second-order valence-corrected chi connectivity index (χ2v) is 2.91. The van der Waals surface area contributed by atoms with Gasteiger partial charge in [-0.05, 0) is 12.8 Å². The van der Waals surface area contributed by atoms with E-state index < -0.39 is 12.0 Å². The predicted molar refractivity (Wildman–Crippen MR) is 37.5 cm³/mol. The maximum Gasteiger partial charge on any atom is 0.332 e. The van der Waals surface area contributed by atoms with Gasteiger partial charge in [-0.3, -0.25) is 0 Å². The molecule has 1 N–H and O–H groups in total. The first kappa shape index (κ1) is 6.64. The summed E-state index contributed by atoms with van der Waals surface area (Å²) in [6.07, 6.45) is 2.20. The van der Waals surface area contributed by atoms with E-state index in [4.69, 9.17) is 9.84 Å². The molecule has 1 atom stereocenters. The predicted octanol–water partition coefficient (Wildman–Crippen LogP) is 0.278. The molecule has 1 unspecified atom stereocenters. The van der Waals surface area contributed by atoms with Gasteiger partial charge in [-0.1, -0.05) is 0 Å². The quantitative estimate of drug-likeness (QED) is 0.623. The SMILES string of the molecule is O=C(O)C1COC(C2CC2)=N1. The molecule has 0 aromatic heterocycles. The van der Waals surface area contributed by atoms with Crippen molar-refractivity contribution in [1.29, 1.82) is 0 Å². The average molecular weight is 155 g/mol. The minimum absolute atomic E-state index is 0.223. The first-order valence-electron chi connectivity index (χ1n) is 3.70. The van der Waals surface area contributed by atoms with Crippen molar-refractivity contribution in [3.8, 4) is 0 Å². The maximum atomic E-state index is 10.4. The molecule has 1 aliphatic carbocycles. The molecule has 1 fully saturated rings. The molecule has 0 spiro atoms. The van der Waals surface area contributed by atoms with Crippen LogP contribution in [0.1, 0.15) is 12.8 Å². The van der Waals surface area contributed by atoms with Crippen molar-refractivity contribution in [2.24, 2.45) is 10.9 Å². The Hall–Kier alpha value is -1.06. The summed E-state index contributed by atoms with van der Waals surface area (Å²) in [6.45, 7) is 0.223. The van der Waals surface area contributed by atoms with E-state index in [0.29, 0.717) is 11.8 Å². The van der Waals surface area contributed by atoms with E-state index in [1.54, 1.807) is 0 Å². The van der Waals surface area contributed by atoms with E-state index in [-0.39, 0.29) is 6.61 Å². The maximum absolute atomic E-state index is 10.4. The van der Waals surface area contributed by atoms with Crippen LogP contribution in [-0.2, 0) is 9.53 Å². The lowest BCUT2D eigenvalue weighted by Crippen LogP contribution is -2.18. The standard InChI is InChI=1S/C7H9NO3/c9-7(10)5-3-11-6(8-5)4-1-2-4/h4-5H,1-3H2,(H,9,10). The summed E-state index contributed by atoms with van der Waals surface area (Å²) in [6, 6.07) is -0.648. The van der Waals surface area contributed by atoms with Crippen LogP contribution in [0.2, 0.25) is 0 Å². The van der Waals surface area contributed by atoms with Crippen molar-refractivity contribution in [1.82, 2.24) is 0 Å². The monoisotopic (exact) mass is 155 g/mol. The molecule has 0 radical (unpaired) electrons. The number of aliphatic imine (C=N–C) groups is 1. The van der Waals surface area contributed by atoms with Crippen LogP contribution < -0.4 is 0 Å². The molecular weight excluding hydrogens is 146 g/mol. The molecule has 2 aliphatic rings. The average Bonchev–Trinajstić information content (AvgIpc) is 2.68. The van der Waals surface area contributed by atoms with Gasteiger partial charge in [-0.15, -0.1) is 0 Å². The number of ether oxygens (including phenoxy) is 1. The number of nitrogens with zero attached hydrogens (tertiary/aromatic N) is 1. The van der Waals surface area contributed by atoms with E-state index in [2.05, 4.69) is 4.99 Å². The van der Waals surface area contributed by atoms with Crippen LogP contribution in [0.5, 0.6) is 0 Å². The van der Waals surface area contributed by atoms with Crippen LogP contribution in [0.25, 0.3) is 0 Å². The highest BCUT2D eigenvalue weighted by Crippen LogP contribution is 2.33. The van der Waals surface area contributed by atoms with Gasteiger partial charge in [-0.2, -0.15) is 0 Å². The van der Waals surface area contributed by atoms with Crippen LogP contribution in [0, 0.1) is 5.92 Å². The smallest absolute Gasteiger partial charge is 0.332 e. The Bertz CT molecular complexity index is 220. The second-order valence-electron chi connectivity index (χ2n) is 2.91. The summed E-state index contributed by atoms with van der Waals surface area (Å²) in [5.41, 5.74) is 0. The van der Waals surface area contributed by atoms with E-state index in [1.807, 2.05) is 0 Å². The first-order chi connectivity index (χ1) is 5.27. The number of aliphatic carboxylic acids is 1. The Labute approximate surface area is 63.9 Å². The lowest BCUT2D eigenvalue weighted by molar-refractivity contribution is -0.138. The van der Waals surface area contributed by atoms with Gasteiger partial charge in [0.25, 0.3) is 0 Å². The molecule has 0 aromatic carbocycles. The van der Waals surface area contributed by atoms with Gasteiger partial charge < -0.3 is 9.84 Å². The fraction of sp³-hybridized carbons (Fsp3) is 0.714. The number of hydrogen-bond acceptors (Lipinski definition) is 3. The summed E-state index contributed by atoms with van der Waals surface area (Å²) in [5.74, 6) is 0.206. The van der Waals surface area contributed by atoms with E-state index >= 15 is 0 Å². The molecule has 0 aromatic rings. The highest BCUT2D eigenvalue weighted by atomic mass is 16.5. The molecule has 4 nitrogen and oxygen atoms in total. The van der Waals surface area contributed by atoms with Crippen molar-refractivity contribution >= 4 is 11.9 Å². The van der Waals surface area contributed by atoms with Crippen LogP contribution in [-0.4, -0.2) is 29.6 Å². The minimum atomic E-state index is -0.888. The lowest BCUT2D eigenvalue weighted by atomic mass is 10.3. The Morgan fingerprint density at radius 1 is 1.64 bits per heavy atom. The summed E-state index contributed by atoms with van der Waals surface area (Å²) in [5, 5.41) is 8.55. The van der Waals surface area contributed by atoms with E-state index in [0.717, 1.165) is 12.8 Å². The topological polar surface area (TPSA) is 58.9 Å². The van der Waals surface area contributed by atoms with Crippen molar-refractivity contribution in [3.05, 3.63) is 0 Å². The first-order valence-corrected chi connectivity index (χ1v) is 3.70. The highest BCUT2D eigenvalue weighted by Gasteiger charge is 2.35. The fourth-order valence-electron chi connectivity index (χ4n) is 1.07. The number of rotatable bonds is 2. The molecule has 4 heteroatoms. The molecule has 0 saturated heterocycles.